The smallest absolute Gasteiger partial charge is 0.0661 e. The Morgan fingerprint density at radius 3 is 2.52 bits per heavy atom. The minimum absolute atomic E-state index is 0.333. The molecule has 0 heterocycles. The van der Waals surface area contributed by atoms with Gasteiger partial charge >= 0.3 is 0 Å². The van der Waals surface area contributed by atoms with Crippen molar-refractivity contribution in [3.05, 3.63) is 35.4 Å². The zero-order valence-electron chi connectivity index (χ0n) is 13.7. The lowest BCUT2D eigenvalue weighted by molar-refractivity contribution is 0.106. The Balaban J connectivity index is 1.83. The van der Waals surface area contributed by atoms with Gasteiger partial charge in [0.05, 0.1) is 12.6 Å². The van der Waals surface area contributed by atoms with Gasteiger partial charge in [-0.15, -0.1) is 0 Å². The summed E-state index contributed by atoms with van der Waals surface area (Å²) in [6.07, 6.45) is 7.62. The van der Waals surface area contributed by atoms with Crippen molar-refractivity contribution >= 4 is 0 Å². The Hall–Kier alpha value is -0.860. The van der Waals surface area contributed by atoms with Crippen LogP contribution in [0.5, 0.6) is 0 Å². The molecule has 1 aromatic rings. The lowest BCUT2D eigenvalue weighted by Crippen LogP contribution is -2.26. The summed E-state index contributed by atoms with van der Waals surface area (Å²) in [5, 5.41) is 3.62. The maximum atomic E-state index is 5.91. The summed E-state index contributed by atoms with van der Waals surface area (Å²) in [5.41, 5.74) is 2.79. The molecule has 0 saturated heterocycles. The predicted octanol–water partition coefficient (Wildman–Crippen LogP) is 4.50. The van der Waals surface area contributed by atoms with Gasteiger partial charge in [0, 0.05) is 6.61 Å². The SMILES string of the molecule is CCCNC(COCCC1CC1)c1ccc(CCC)cc1. The van der Waals surface area contributed by atoms with E-state index in [0.29, 0.717) is 6.04 Å². The molecular weight excluding hydrogens is 258 g/mol. The summed E-state index contributed by atoms with van der Waals surface area (Å²) >= 11 is 0. The Kier molecular flexibility index (Phi) is 7.25. The largest absolute Gasteiger partial charge is 0.379 e. The van der Waals surface area contributed by atoms with Crippen molar-refractivity contribution in [3.8, 4) is 0 Å². The number of ether oxygens (including phenoxy) is 1. The van der Waals surface area contributed by atoms with Gasteiger partial charge in [0.25, 0.3) is 0 Å². The van der Waals surface area contributed by atoms with Crippen LogP contribution < -0.4 is 5.32 Å². The molecule has 2 rings (SSSR count). The van der Waals surface area contributed by atoms with E-state index in [9.17, 15) is 0 Å². The van der Waals surface area contributed by atoms with Gasteiger partial charge in [-0.25, -0.2) is 0 Å². The number of nitrogens with one attached hydrogen (secondary N) is 1. The van der Waals surface area contributed by atoms with Crippen molar-refractivity contribution in [2.45, 2.75) is 58.4 Å². The van der Waals surface area contributed by atoms with Crippen LogP contribution in [0.25, 0.3) is 0 Å². The molecular formula is C19H31NO. The Morgan fingerprint density at radius 2 is 1.90 bits per heavy atom. The fourth-order valence-corrected chi connectivity index (χ4v) is 2.65. The van der Waals surface area contributed by atoms with Gasteiger partial charge in [-0.2, -0.15) is 0 Å². The van der Waals surface area contributed by atoms with E-state index in [-0.39, 0.29) is 0 Å². The average molecular weight is 289 g/mol. The van der Waals surface area contributed by atoms with Crippen molar-refractivity contribution in [2.75, 3.05) is 19.8 Å². The monoisotopic (exact) mass is 289 g/mol. The van der Waals surface area contributed by atoms with E-state index in [1.165, 1.54) is 43.2 Å². The molecule has 0 spiro atoms. The highest BCUT2D eigenvalue weighted by Gasteiger charge is 2.20. The molecule has 0 radical (unpaired) electrons. The predicted molar refractivity (Wildman–Crippen MR) is 89.6 cm³/mol. The van der Waals surface area contributed by atoms with E-state index >= 15 is 0 Å². The Morgan fingerprint density at radius 1 is 1.14 bits per heavy atom. The molecule has 2 nitrogen and oxygen atoms in total. The Labute approximate surface area is 130 Å². The number of aryl methyl sites for hydroxylation is 1. The van der Waals surface area contributed by atoms with Crippen LogP contribution in [0.3, 0.4) is 0 Å². The number of benzene rings is 1. The van der Waals surface area contributed by atoms with Crippen molar-refractivity contribution in [1.29, 1.82) is 0 Å². The van der Waals surface area contributed by atoms with Crippen molar-refractivity contribution in [2.24, 2.45) is 5.92 Å². The van der Waals surface area contributed by atoms with Gasteiger partial charge in [0.15, 0.2) is 0 Å². The molecule has 2 heteroatoms. The van der Waals surface area contributed by atoms with Gasteiger partial charge in [0.2, 0.25) is 0 Å². The molecule has 1 saturated carbocycles. The van der Waals surface area contributed by atoms with E-state index in [4.69, 9.17) is 4.74 Å². The number of rotatable bonds is 11. The lowest BCUT2D eigenvalue weighted by atomic mass is 10.0. The molecule has 118 valence electrons. The third-order valence-corrected chi connectivity index (χ3v) is 4.21. The van der Waals surface area contributed by atoms with Gasteiger partial charge in [-0.3, -0.25) is 0 Å². The van der Waals surface area contributed by atoms with Crippen LogP contribution in [0.4, 0.5) is 0 Å². The Bertz CT molecular complexity index is 383. The molecule has 1 aromatic carbocycles. The number of hydrogen-bond donors (Lipinski definition) is 1. The minimum atomic E-state index is 0.333. The van der Waals surface area contributed by atoms with Crippen LogP contribution >= 0.6 is 0 Å². The van der Waals surface area contributed by atoms with Gasteiger partial charge in [-0.1, -0.05) is 57.4 Å². The second kappa shape index (κ2) is 9.22. The van der Waals surface area contributed by atoms with Crippen LogP contribution in [0.2, 0.25) is 0 Å². The average Bonchev–Trinajstić information content (AvgIpc) is 3.32. The summed E-state index contributed by atoms with van der Waals surface area (Å²) < 4.78 is 5.91. The number of hydrogen-bond acceptors (Lipinski definition) is 2. The summed E-state index contributed by atoms with van der Waals surface area (Å²) in [6, 6.07) is 9.40. The zero-order chi connectivity index (χ0) is 14.9. The van der Waals surface area contributed by atoms with Crippen molar-refractivity contribution < 1.29 is 4.74 Å². The molecule has 1 fully saturated rings. The van der Waals surface area contributed by atoms with E-state index in [2.05, 4.69) is 43.4 Å². The van der Waals surface area contributed by atoms with Crippen molar-refractivity contribution in [3.63, 3.8) is 0 Å². The van der Waals surface area contributed by atoms with Gasteiger partial charge < -0.3 is 10.1 Å². The minimum Gasteiger partial charge on any atom is -0.379 e. The first-order chi connectivity index (χ1) is 10.3. The highest BCUT2D eigenvalue weighted by molar-refractivity contribution is 5.25. The molecule has 0 bridgehead atoms. The first-order valence-electron chi connectivity index (χ1n) is 8.73. The van der Waals surface area contributed by atoms with Crippen LogP contribution in [-0.2, 0) is 11.2 Å². The fourth-order valence-electron chi connectivity index (χ4n) is 2.65. The van der Waals surface area contributed by atoms with Crippen LogP contribution in [0.1, 0.15) is 63.1 Å². The molecule has 0 amide bonds. The molecule has 21 heavy (non-hydrogen) atoms. The van der Waals surface area contributed by atoms with Crippen LogP contribution in [0, 0.1) is 5.92 Å². The maximum Gasteiger partial charge on any atom is 0.0661 e. The first kappa shape index (κ1) is 16.5. The summed E-state index contributed by atoms with van der Waals surface area (Å²) in [7, 11) is 0. The van der Waals surface area contributed by atoms with E-state index in [0.717, 1.165) is 32.1 Å². The molecule has 1 unspecified atom stereocenters. The summed E-state index contributed by atoms with van der Waals surface area (Å²) in [5.74, 6) is 0.959. The van der Waals surface area contributed by atoms with Crippen molar-refractivity contribution in [1.82, 2.24) is 5.32 Å². The second-order valence-corrected chi connectivity index (χ2v) is 6.31. The quantitative estimate of drug-likeness (QED) is 0.606. The topological polar surface area (TPSA) is 21.3 Å². The zero-order valence-corrected chi connectivity index (χ0v) is 13.7. The molecule has 0 aliphatic heterocycles. The first-order valence-corrected chi connectivity index (χ1v) is 8.73. The van der Waals surface area contributed by atoms with E-state index in [1.807, 2.05) is 0 Å². The molecule has 1 aliphatic carbocycles. The summed E-state index contributed by atoms with van der Waals surface area (Å²) in [4.78, 5) is 0. The standard InChI is InChI=1S/C19H31NO/c1-3-5-16-8-10-18(11-9-16)19(20-13-4-2)15-21-14-12-17-6-7-17/h8-11,17,19-20H,3-7,12-15H2,1-2H3. The highest BCUT2D eigenvalue weighted by atomic mass is 16.5. The van der Waals surface area contributed by atoms with E-state index in [1.54, 1.807) is 0 Å². The van der Waals surface area contributed by atoms with E-state index < -0.39 is 0 Å². The second-order valence-electron chi connectivity index (χ2n) is 6.31. The molecule has 1 atom stereocenters. The lowest BCUT2D eigenvalue weighted by Gasteiger charge is -2.19. The molecule has 0 aromatic heterocycles. The fraction of sp³-hybridized carbons (Fsp3) is 0.684. The normalized spacial score (nSPS) is 16.1. The van der Waals surface area contributed by atoms with Crippen LogP contribution in [0.15, 0.2) is 24.3 Å². The van der Waals surface area contributed by atoms with Gasteiger partial charge in [0.1, 0.15) is 0 Å². The van der Waals surface area contributed by atoms with Gasteiger partial charge in [-0.05, 0) is 42.9 Å². The molecule has 1 N–H and O–H groups in total. The molecule has 1 aliphatic rings. The summed E-state index contributed by atoms with van der Waals surface area (Å²) in [6.45, 7) is 7.20. The highest BCUT2D eigenvalue weighted by Crippen LogP contribution is 2.32. The third-order valence-electron chi connectivity index (χ3n) is 4.21. The van der Waals surface area contributed by atoms with Crippen LogP contribution in [-0.4, -0.2) is 19.8 Å². The third kappa shape index (κ3) is 6.19. The maximum absolute atomic E-state index is 5.91.